The van der Waals surface area contributed by atoms with Gasteiger partial charge in [-0.05, 0) is 37.8 Å². The van der Waals surface area contributed by atoms with Crippen LogP contribution in [-0.2, 0) is 16.6 Å². The number of carbonyl (C=O) groups excluding carboxylic acids is 1. The molecule has 1 fully saturated rings. The largest absolute Gasteiger partial charge is 0.316 e. The first-order valence-electron chi connectivity index (χ1n) is 8.03. The molecule has 1 N–H and O–H groups in total. The summed E-state index contributed by atoms with van der Waals surface area (Å²) in [5.41, 5.74) is 1.17. The summed E-state index contributed by atoms with van der Waals surface area (Å²) in [6.45, 7) is 10.9. The van der Waals surface area contributed by atoms with Gasteiger partial charge in [-0.3, -0.25) is 4.79 Å². The van der Waals surface area contributed by atoms with Crippen molar-refractivity contribution in [1.82, 2.24) is 10.3 Å². The maximum absolute atomic E-state index is 12.3. The quantitative estimate of drug-likeness (QED) is 0.904. The van der Waals surface area contributed by atoms with E-state index in [2.05, 4.69) is 43.4 Å². The van der Waals surface area contributed by atoms with Gasteiger partial charge in [0.25, 0.3) is 0 Å². The molecule has 1 aliphatic heterocycles. The summed E-state index contributed by atoms with van der Waals surface area (Å²) in [4.78, 5) is 16.9. The summed E-state index contributed by atoms with van der Waals surface area (Å²) in [5.74, 6) is 1.47. The van der Waals surface area contributed by atoms with Gasteiger partial charge in [-0.25, -0.2) is 4.98 Å². The minimum atomic E-state index is 0.0683. The molecule has 21 heavy (non-hydrogen) atoms. The predicted molar refractivity (Wildman–Crippen MR) is 88.9 cm³/mol. The molecule has 0 spiro atoms. The molecular weight excluding hydrogens is 280 g/mol. The zero-order chi connectivity index (χ0) is 15.5. The molecule has 2 rings (SSSR count). The molecule has 1 aromatic heterocycles. The fraction of sp³-hybridized carbons (Fsp3) is 0.765. The van der Waals surface area contributed by atoms with E-state index in [4.69, 9.17) is 0 Å². The van der Waals surface area contributed by atoms with Crippen LogP contribution in [0, 0.1) is 11.8 Å². The molecule has 0 amide bonds. The highest BCUT2D eigenvalue weighted by Crippen LogP contribution is 2.26. The lowest BCUT2D eigenvalue weighted by atomic mass is 9.84. The Hall–Kier alpha value is -0.740. The van der Waals surface area contributed by atoms with Crippen LogP contribution in [0.5, 0.6) is 0 Å². The van der Waals surface area contributed by atoms with E-state index in [1.54, 1.807) is 11.3 Å². The van der Waals surface area contributed by atoms with Gasteiger partial charge < -0.3 is 5.32 Å². The van der Waals surface area contributed by atoms with Crippen molar-refractivity contribution < 1.29 is 4.79 Å². The first-order valence-corrected chi connectivity index (χ1v) is 8.91. The third-order valence-corrected chi connectivity index (χ3v) is 5.21. The van der Waals surface area contributed by atoms with Gasteiger partial charge in [-0.1, -0.05) is 27.7 Å². The summed E-state index contributed by atoms with van der Waals surface area (Å²) >= 11 is 1.62. The SMILES string of the molecule is CC(CC(=O)Cc1nc(C(C)(C)C)cs1)C1CCCNC1. The molecule has 0 radical (unpaired) electrons. The highest BCUT2D eigenvalue weighted by Gasteiger charge is 2.23. The van der Waals surface area contributed by atoms with E-state index in [-0.39, 0.29) is 5.41 Å². The third-order valence-electron chi connectivity index (χ3n) is 4.36. The van der Waals surface area contributed by atoms with Crippen molar-refractivity contribution in [2.75, 3.05) is 13.1 Å². The normalized spacial score (nSPS) is 21.2. The van der Waals surface area contributed by atoms with Gasteiger partial charge in [0.1, 0.15) is 10.8 Å². The first kappa shape index (κ1) is 16.6. The molecule has 4 heteroatoms. The van der Waals surface area contributed by atoms with Gasteiger partial charge in [-0.2, -0.15) is 0 Å². The Morgan fingerprint density at radius 1 is 1.52 bits per heavy atom. The van der Waals surface area contributed by atoms with Crippen molar-refractivity contribution in [3.05, 3.63) is 16.1 Å². The number of aromatic nitrogens is 1. The van der Waals surface area contributed by atoms with Crippen LogP contribution in [0.3, 0.4) is 0 Å². The van der Waals surface area contributed by atoms with Gasteiger partial charge in [0.2, 0.25) is 0 Å². The fourth-order valence-corrected chi connectivity index (χ4v) is 3.92. The molecule has 2 heterocycles. The molecule has 0 aliphatic carbocycles. The van der Waals surface area contributed by atoms with Crippen molar-refractivity contribution in [1.29, 1.82) is 0 Å². The Labute approximate surface area is 132 Å². The molecule has 3 nitrogen and oxygen atoms in total. The molecule has 1 aliphatic rings. The second-order valence-electron chi connectivity index (χ2n) is 7.38. The van der Waals surface area contributed by atoms with E-state index in [1.165, 1.54) is 12.8 Å². The minimum absolute atomic E-state index is 0.0683. The lowest BCUT2D eigenvalue weighted by Crippen LogP contribution is -2.34. The van der Waals surface area contributed by atoms with Crippen LogP contribution in [0.25, 0.3) is 0 Å². The molecule has 118 valence electrons. The highest BCUT2D eigenvalue weighted by molar-refractivity contribution is 7.09. The van der Waals surface area contributed by atoms with E-state index in [0.29, 0.717) is 30.5 Å². The van der Waals surface area contributed by atoms with Crippen LogP contribution in [0.4, 0.5) is 0 Å². The highest BCUT2D eigenvalue weighted by atomic mass is 32.1. The summed E-state index contributed by atoms with van der Waals surface area (Å²) in [7, 11) is 0. The fourth-order valence-electron chi connectivity index (χ4n) is 2.87. The Bertz CT molecular complexity index is 469. The smallest absolute Gasteiger partial charge is 0.139 e. The van der Waals surface area contributed by atoms with Crippen LogP contribution in [0.15, 0.2) is 5.38 Å². The summed E-state index contributed by atoms with van der Waals surface area (Å²) in [5, 5.41) is 6.50. The number of nitrogens with one attached hydrogen (secondary N) is 1. The summed E-state index contributed by atoms with van der Waals surface area (Å²) < 4.78 is 0. The van der Waals surface area contributed by atoms with Crippen LogP contribution < -0.4 is 5.32 Å². The zero-order valence-electron chi connectivity index (χ0n) is 13.7. The lowest BCUT2D eigenvalue weighted by molar-refractivity contribution is -0.119. The number of thiazole rings is 1. The standard InChI is InChI=1S/C17H28N2OS/c1-12(13-6-5-7-18-10-13)8-14(20)9-16-19-15(11-21-16)17(2,3)4/h11-13,18H,5-10H2,1-4H3. The second-order valence-corrected chi connectivity index (χ2v) is 8.32. The number of hydrogen-bond acceptors (Lipinski definition) is 4. The number of Topliss-reactive ketones (excluding diaryl/α,β-unsaturated/α-hetero) is 1. The van der Waals surface area contributed by atoms with Crippen molar-refractivity contribution in [3.8, 4) is 0 Å². The Kier molecular flexibility index (Phi) is 5.55. The van der Waals surface area contributed by atoms with Crippen molar-refractivity contribution >= 4 is 17.1 Å². The van der Waals surface area contributed by atoms with E-state index in [9.17, 15) is 4.79 Å². The zero-order valence-corrected chi connectivity index (χ0v) is 14.6. The Balaban J connectivity index is 1.85. The second kappa shape index (κ2) is 7.01. The maximum atomic E-state index is 12.3. The monoisotopic (exact) mass is 308 g/mol. The van der Waals surface area contributed by atoms with E-state index >= 15 is 0 Å². The molecule has 0 saturated carbocycles. The third kappa shape index (κ3) is 4.89. The molecular formula is C17H28N2OS. The molecule has 0 aromatic carbocycles. The van der Waals surface area contributed by atoms with Gasteiger partial charge in [0.05, 0.1) is 12.1 Å². The van der Waals surface area contributed by atoms with Crippen LogP contribution in [0.2, 0.25) is 0 Å². The van der Waals surface area contributed by atoms with Crippen LogP contribution >= 0.6 is 11.3 Å². The Morgan fingerprint density at radius 2 is 2.29 bits per heavy atom. The number of nitrogens with zero attached hydrogens (tertiary/aromatic N) is 1. The lowest BCUT2D eigenvalue weighted by Gasteiger charge is -2.27. The van der Waals surface area contributed by atoms with Crippen LogP contribution in [-0.4, -0.2) is 23.9 Å². The minimum Gasteiger partial charge on any atom is -0.316 e. The molecule has 1 saturated heterocycles. The van der Waals surface area contributed by atoms with Gasteiger partial charge in [0.15, 0.2) is 0 Å². The van der Waals surface area contributed by atoms with Crippen molar-refractivity contribution in [2.45, 2.75) is 58.8 Å². The number of hydrogen-bond donors (Lipinski definition) is 1. The van der Waals surface area contributed by atoms with Gasteiger partial charge >= 0.3 is 0 Å². The number of ketones is 1. The average molecular weight is 308 g/mol. The van der Waals surface area contributed by atoms with Gasteiger partial charge in [-0.15, -0.1) is 11.3 Å². The van der Waals surface area contributed by atoms with Crippen molar-refractivity contribution in [3.63, 3.8) is 0 Å². The number of carbonyl (C=O) groups is 1. The first-order chi connectivity index (χ1) is 9.86. The Morgan fingerprint density at radius 3 is 2.86 bits per heavy atom. The van der Waals surface area contributed by atoms with Crippen LogP contribution in [0.1, 0.15) is 57.7 Å². The van der Waals surface area contributed by atoms with E-state index < -0.39 is 0 Å². The number of piperidine rings is 1. The van der Waals surface area contributed by atoms with Gasteiger partial charge in [0, 0.05) is 17.2 Å². The molecule has 2 atom stereocenters. The molecule has 0 bridgehead atoms. The maximum Gasteiger partial charge on any atom is 0.139 e. The van der Waals surface area contributed by atoms with E-state index in [0.717, 1.165) is 23.8 Å². The van der Waals surface area contributed by atoms with Crippen molar-refractivity contribution in [2.24, 2.45) is 11.8 Å². The predicted octanol–water partition coefficient (Wildman–Crippen LogP) is 3.58. The molecule has 1 aromatic rings. The number of rotatable bonds is 5. The summed E-state index contributed by atoms with van der Waals surface area (Å²) in [6, 6.07) is 0. The summed E-state index contributed by atoms with van der Waals surface area (Å²) in [6.07, 6.45) is 3.69. The molecule has 2 unspecified atom stereocenters. The van der Waals surface area contributed by atoms with E-state index in [1.807, 2.05) is 0 Å². The topological polar surface area (TPSA) is 42.0 Å². The average Bonchev–Trinajstić information content (AvgIpc) is 2.88.